The predicted octanol–water partition coefficient (Wildman–Crippen LogP) is 3.84. The first kappa shape index (κ1) is 14.1. The Balaban J connectivity index is 1.92. The lowest BCUT2D eigenvalue weighted by molar-refractivity contribution is -0.383. The Kier molecular flexibility index (Phi) is 3.71. The summed E-state index contributed by atoms with van der Waals surface area (Å²) >= 11 is 1.99. The third-order valence-corrected chi connectivity index (χ3v) is 5.44. The molecule has 1 N–H and O–H groups in total. The van der Waals surface area contributed by atoms with Crippen molar-refractivity contribution >= 4 is 34.0 Å². The highest BCUT2D eigenvalue weighted by molar-refractivity contribution is 8.00. The van der Waals surface area contributed by atoms with Gasteiger partial charge in [0.2, 0.25) is 0 Å². The average Bonchev–Trinajstić information content (AvgIpc) is 2.91. The summed E-state index contributed by atoms with van der Waals surface area (Å²) < 4.78 is 0.246. The number of benzene rings is 1. The molecule has 0 spiro atoms. The molecule has 0 saturated carbocycles. The fourth-order valence-electron chi connectivity index (χ4n) is 2.72. The molecule has 1 atom stereocenters. The predicted molar refractivity (Wildman–Crippen MR) is 87.0 cm³/mol. The Morgan fingerprint density at radius 3 is 3.05 bits per heavy atom. The lowest BCUT2D eigenvalue weighted by Crippen LogP contribution is -2.27. The molecule has 1 aliphatic rings. The number of hydrogen-bond acceptors (Lipinski definition) is 5. The van der Waals surface area contributed by atoms with Gasteiger partial charge >= 0.3 is 0 Å². The van der Waals surface area contributed by atoms with Crippen LogP contribution < -0.4 is 5.32 Å². The normalized spacial score (nSPS) is 21.6. The second kappa shape index (κ2) is 5.52. The molecule has 2 heterocycles. The topological polar surface area (TPSA) is 68.1 Å². The van der Waals surface area contributed by atoms with Crippen LogP contribution in [0.4, 0.5) is 11.4 Å². The molecule has 110 valence electrons. The third-order valence-electron chi connectivity index (χ3n) is 3.90. The number of pyridine rings is 1. The minimum atomic E-state index is -0.382. The fourth-order valence-corrected chi connectivity index (χ4v) is 3.96. The van der Waals surface area contributed by atoms with Crippen LogP contribution in [-0.2, 0) is 0 Å². The number of para-hydroxylation sites is 1. The van der Waals surface area contributed by atoms with E-state index in [0.29, 0.717) is 5.52 Å². The molecule has 5 nitrogen and oxygen atoms in total. The van der Waals surface area contributed by atoms with Crippen molar-refractivity contribution in [2.45, 2.75) is 24.5 Å². The van der Waals surface area contributed by atoms with Crippen LogP contribution in [0.25, 0.3) is 10.9 Å². The number of non-ortho nitro benzene ring substituents is 1. The summed E-state index contributed by atoms with van der Waals surface area (Å²) in [5.74, 6) is 1.21. The molecule has 1 fully saturated rings. The Morgan fingerprint density at radius 2 is 2.33 bits per heavy atom. The molecule has 0 radical (unpaired) electrons. The number of nitrogens with zero attached hydrogens (tertiary/aromatic N) is 2. The summed E-state index contributed by atoms with van der Waals surface area (Å²) in [6, 6.07) is 6.96. The standard InChI is InChI=1S/C15H17N3O2S/c1-15(7-3-9-21-15)10-17-12-6-8-16-14-11(12)4-2-5-13(14)18(19)20/h2,4-6,8H,3,7,9-10H2,1H3,(H,16,17). The van der Waals surface area contributed by atoms with E-state index in [2.05, 4.69) is 17.2 Å². The summed E-state index contributed by atoms with van der Waals surface area (Å²) in [5.41, 5.74) is 1.41. The van der Waals surface area contributed by atoms with Crippen LogP contribution in [0.5, 0.6) is 0 Å². The van der Waals surface area contributed by atoms with Gasteiger partial charge in [-0.25, -0.2) is 4.98 Å². The van der Waals surface area contributed by atoms with Crippen molar-refractivity contribution in [3.05, 3.63) is 40.6 Å². The summed E-state index contributed by atoms with van der Waals surface area (Å²) in [5, 5.41) is 15.3. The van der Waals surface area contributed by atoms with Gasteiger partial charge in [0.1, 0.15) is 5.52 Å². The molecule has 1 aromatic carbocycles. The Hall–Kier alpha value is -1.82. The monoisotopic (exact) mass is 303 g/mol. The van der Waals surface area contributed by atoms with Crippen LogP contribution in [0.3, 0.4) is 0 Å². The van der Waals surface area contributed by atoms with Gasteiger partial charge in [-0.15, -0.1) is 0 Å². The van der Waals surface area contributed by atoms with Crippen molar-refractivity contribution in [1.29, 1.82) is 0 Å². The number of nitrogens with one attached hydrogen (secondary N) is 1. The molecular weight excluding hydrogens is 286 g/mol. The number of hydrogen-bond donors (Lipinski definition) is 1. The maximum atomic E-state index is 11.1. The van der Waals surface area contributed by atoms with E-state index in [1.807, 2.05) is 23.9 Å². The number of thioether (sulfide) groups is 1. The number of nitro benzene ring substituents is 1. The highest BCUT2D eigenvalue weighted by Gasteiger charge is 2.29. The van der Waals surface area contributed by atoms with Crippen molar-refractivity contribution in [2.24, 2.45) is 0 Å². The summed E-state index contributed by atoms with van der Waals surface area (Å²) in [6.45, 7) is 3.13. The zero-order valence-electron chi connectivity index (χ0n) is 11.8. The molecular formula is C15H17N3O2S. The van der Waals surface area contributed by atoms with Gasteiger partial charge in [0.15, 0.2) is 0 Å². The Labute approximate surface area is 127 Å². The van der Waals surface area contributed by atoms with Crippen molar-refractivity contribution in [3.63, 3.8) is 0 Å². The van der Waals surface area contributed by atoms with E-state index in [4.69, 9.17) is 0 Å². The molecule has 3 rings (SSSR count). The van der Waals surface area contributed by atoms with Crippen LogP contribution in [0.2, 0.25) is 0 Å². The van der Waals surface area contributed by atoms with Gasteiger partial charge in [-0.2, -0.15) is 11.8 Å². The lowest BCUT2D eigenvalue weighted by Gasteiger charge is -2.24. The molecule has 0 amide bonds. The first-order chi connectivity index (χ1) is 10.1. The van der Waals surface area contributed by atoms with Gasteiger partial charge in [-0.1, -0.05) is 12.1 Å². The quantitative estimate of drug-likeness (QED) is 0.686. The maximum absolute atomic E-state index is 11.1. The van der Waals surface area contributed by atoms with Gasteiger partial charge in [-0.05, 0) is 31.6 Å². The highest BCUT2D eigenvalue weighted by Crippen LogP contribution is 2.38. The number of rotatable bonds is 4. The van der Waals surface area contributed by atoms with Crippen LogP contribution in [0.1, 0.15) is 19.8 Å². The SMILES string of the molecule is CC1(CNc2ccnc3c([N+](=O)[O-])cccc23)CCCS1. The molecule has 0 aliphatic carbocycles. The van der Waals surface area contributed by atoms with Crippen molar-refractivity contribution in [1.82, 2.24) is 4.98 Å². The Bertz CT molecular complexity index is 684. The average molecular weight is 303 g/mol. The third kappa shape index (κ3) is 2.81. The lowest BCUT2D eigenvalue weighted by atomic mass is 10.1. The number of aromatic nitrogens is 1. The van der Waals surface area contributed by atoms with Crippen LogP contribution >= 0.6 is 11.8 Å². The van der Waals surface area contributed by atoms with Gasteiger partial charge < -0.3 is 5.32 Å². The second-order valence-corrected chi connectivity index (χ2v) is 7.23. The molecule has 1 unspecified atom stereocenters. The minimum Gasteiger partial charge on any atom is -0.383 e. The molecule has 1 aromatic heterocycles. The minimum absolute atomic E-state index is 0.0533. The fraction of sp³-hybridized carbons (Fsp3) is 0.400. The largest absolute Gasteiger partial charge is 0.383 e. The first-order valence-electron chi connectivity index (χ1n) is 6.99. The second-order valence-electron chi connectivity index (χ2n) is 5.54. The van der Waals surface area contributed by atoms with Gasteiger partial charge in [0.05, 0.1) is 4.92 Å². The maximum Gasteiger partial charge on any atom is 0.295 e. The van der Waals surface area contributed by atoms with E-state index in [1.54, 1.807) is 12.3 Å². The molecule has 1 saturated heterocycles. The van der Waals surface area contributed by atoms with Crippen molar-refractivity contribution in [2.75, 3.05) is 17.6 Å². The highest BCUT2D eigenvalue weighted by atomic mass is 32.2. The molecule has 21 heavy (non-hydrogen) atoms. The van der Waals surface area contributed by atoms with E-state index >= 15 is 0 Å². The number of fused-ring (bicyclic) bond motifs is 1. The number of anilines is 1. The van der Waals surface area contributed by atoms with Gasteiger partial charge in [0, 0.05) is 34.6 Å². The molecule has 2 aromatic rings. The summed E-state index contributed by atoms with van der Waals surface area (Å²) in [4.78, 5) is 14.9. The first-order valence-corrected chi connectivity index (χ1v) is 7.98. The van der Waals surface area contributed by atoms with E-state index in [1.165, 1.54) is 24.7 Å². The zero-order valence-corrected chi connectivity index (χ0v) is 12.7. The van der Waals surface area contributed by atoms with Gasteiger partial charge in [-0.3, -0.25) is 10.1 Å². The van der Waals surface area contributed by atoms with E-state index in [-0.39, 0.29) is 15.4 Å². The summed E-state index contributed by atoms with van der Waals surface area (Å²) in [6.07, 6.45) is 4.08. The van der Waals surface area contributed by atoms with E-state index < -0.39 is 0 Å². The van der Waals surface area contributed by atoms with Crippen LogP contribution in [0, 0.1) is 10.1 Å². The zero-order chi connectivity index (χ0) is 14.9. The summed E-state index contributed by atoms with van der Waals surface area (Å²) in [7, 11) is 0. The molecule has 1 aliphatic heterocycles. The van der Waals surface area contributed by atoms with E-state index in [0.717, 1.165) is 17.6 Å². The van der Waals surface area contributed by atoms with Crippen LogP contribution in [-0.4, -0.2) is 27.0 Å². The van der Waals surface area contributed by atoms with Crippen LogP contribution in [0.15, 0.2) is 30.5 Å². The van der Waals surface area contributed by atoms with Crippen molar-refractivity contribution in [3.8, 4) is 0 Å². The van der Waals surface area contributed by atoms with Gasteiger partial charge in [0.25, 0.3) is 5.69 Å². The molecule has 6 heteroatoms. The number of nitro groups is 1. The van der Waals surface area contributed by atoms with Crippen molar-refractivity contribution < 1.29 is 4.92 Å². The Morgan fingerprint density at radius 1 is 1.48 bits per heavy atom. The smallest absolute Gasteiger partial charge is 0.295 e. The molecule has 0 bridgehead atoms. The van der Waals surface area contributed by atoms with E-state index in [9.17, 15) is 10.1 Å².